The summed E-state index contributed by atoms with van der Waals surface area (Å²) in [7, 11) is 0. The van der Waals surface area contributed by atoms with Crippen LogP contribution in [0, 0.1) is 0 Å². The van der Waals surface area contributed by atoms with Gasteiger partial charge in [0.2, 0.25) is 0 Å². The van der Waals surface area contributed by atoms with Crippen LogP contribution < -0.4 is 0 Å². The monoisotopic (exact) mass is 265 g/mol. The molecular formula is C16H24ClN. The molecule has 2 heteroatoms. The highest BCUT2D eigenvalue weighted by Gasteiger charge is 2.12. The molecule has 1 aromatic rings. The van der Waals surface area contributed by atoms with Crippen molar-refractivity contribution >= 4 is 11.6 Å². The normalized spacial score (nSPS) is 16.3. The second-order valence-electron chi connectivity index (χ2n) is 5.21. The fraction of sp³-hybridized carbons (Fsp3) is 0.625. The van der Waals surface area contributed by atoms with Gasteiger partial charge in [-0.2, -0.15) is 0 Å². The first-order valence-corrected chi connectivity index (χ1v) is 7.78. The quantitative estimate of drug-likeness (QED) is 0.557. The number of rotatable bonds is 6. The Labute approximate surface area is 116 Å². The van der Waals surface area contributed by atoms with E-state index in [1.165, 1.54) is 58.2 Å². The lowest BCUT2D eigenvalue weighted by molar-refractivity contribution is 0.280. The molecule has 1 nitrogen and oxygen atoms in total. The van der Waals surface area contributed by atoms with E-state index in [0.29, 0.717) is 0 Å². The van der Waals surface area contributed by atoms with Gasteiger partial charge in [-0.3, -0.25) is 0 Å². The second-order valence-corrected chi connectivity index (χ2v) is 5.59. The number of fused-ring (bicyclic) bond motifs is 1. The van der Waals surface area contributed by atoms with Gasteiger partial charge in [-0.15, -0.1) is 11.6 Å². The van der Waals surface area contributed by atoms with Gasteiger partial charge >= 0.3 is 0 Å². The Morgan fingerprint density at radius 3 is 2.11 bits per heavy atom. The van der Waals surface area contributed by atoms with E-state index in [0.717, 1.165) is 5.88 Å². The van der Waals surface area contributed by atoms with Crippen molar-refractivity contribution in [2.75, 3.05) is 25.5 Å². The molecule has 0 bridgehead atoms. The van der Waals surface area contributed by atoms with Crippen LogP contribution >= 0.6 is 11.6 Å². The summed E-state index contributed by atoms with van der Waals surface area (Å²) in [5.41, 5.74) is 3.12. The molecule has 0 fully saturated rings. The lowest BCUT2D eigenvalue weighted by Gasteiger charge is -2.19. The van der Waals surface area contributed by atoms with Gasteiger partial charge in [-0.1, -0.05) is 37.1 Å². The number of benzene rings is 1. The summed E-state index contributed by atoms with van der Waals surface area (Å²) in [6.45, 7) is 3.72. The zero-order valence-corrected chi connectivity index (χ0v) is 12.0. The molecular weight excluding hydrogens is 242 g/mol. The van der Waals surface area contributed by atoms with Crippen molar-refractivity contribution in [3.05, 3.63) is 35.4 Å². The number of halogens is 1. The summed E-state index contributed by atoms with van der Waals surface area (Å²) in [5, 5.41) is 0. The lowest BCUT2D eigenvalue weighted by Crippen LogP contribution is -2.27. The number of hydrogen-bond acceptors (Lipinski definition) is 1. The van der Waals surface area contributed by atoms with Crippen LogP contribution in [0.2, 0.25) is 0 Å². The Balaban J connectivity index is 1.71. The molecule has 1 aromatic carbocycles. The topological polar surface area (TPSA) is 3.24 Å². The van der Waals surface area contributed by atoms with Crippen LogP contribution in [0.5, 0.6) is 0 Å². The van der Waals surface area contributed by atoms with Crippen LogP contribution in [0.15, 0.2) is 24.3 Å². The summed E-state index contributed by atoms with van der Waals surface area (Å²) < 4.78 is 0. The SMILES string of the molecule is ClCCCCCCN1CCc2ccccc2CC1. The number of hydrogen-bond donors (Lipinski definition) is 0. The minimum absolute atomic E-state index is 0.818. The van der Waals surface area contributed by atoms with Crippen molar-refractivity contribution in [2.45, 2.75) is 38.5 Å². The summed E-state index contributed by atoms with van der Waals surface area (Å²) in [4.78, 5) is 2.63. The number of unbranched alkanes of at least 4 members (excludes halogenated alkanes) is 3. The molecule has 0 atom stereocenters. The van der Waals surface area contributed by atoms with E-state index in [2.05, 4.69) is 29.2 Å². The third kappa shape index (κ3) is 4.29. The fourth-order valence-electron chi connectivity index (χ4n) is 2.72. The average Bonchev–Trinajstić information content (AvgIpc) is 2.61. The van der Waals surface area contributed by atoms with E-state index in [1.54, 1.807) is 11.1 Å². The molecule has 0 saturated heterocycles. The Kier molecular flexibility index (Phi) is 6.02. The first kappa shape index (κ1) is 13.9. The smallest absolute Gasteiger partial charge is 0.0223 e. The van der Waals surface area contributed by atoms with Gasteiger partial charge in [0.05, 0.1) is 0 Å². The third-order valence-electron chi connectivity index (χ3n) is 3.87. The number of nitrogens with zero attached hydrogens (tertiary/aromatic N) is 1. The maximum atomic E-state index is 5.69. The molecule has 0 unspecified atom stereocenters. The largest absolute Gasteiger partial charge is 0.303 e. The van der Waals surface area contributed by atoms with E-state index in [9.17, 15) is 0 Å². The minimum atomic E-state index is 0.818. The van der Waals surface area contributed by atoms with E-state index in [4.69, 9.17) is 11.6 Å². The standard InChI is InChI=1S/C16H24ClN/c17-11-5-1-2-6-12-18-13-9-15-7-3-4-8-16(15)10-14-18/h3-4,7-8H,1-2,5-6,9-14H2. The second kappa shape index (κ2) is 7.81. The van der Waals surface area contributed by atoms with Crippen LogP contribution in [0.25, 0.3) is 0 Å². The Morgan fingerprint density at radius 2 is 1.50 bits per heavy atom. The van der Waals surface area contributed by atoms with Gasteiger partial charge in [0, 0.05) is 19.0 Å². The molecule has 0 spiro atoms. The highest BCUT2D eigenvalue weighted by atomic mass is 35.5. The first-order valence-electron chi connectivity index (χ1n) is 7.25. The molecule has 0 aromatic heterocycles. The van der Waals surface area contributed by atoms with Crippen molar-refractivity contribution in [2.24, 2.45) is 0 Å². The summed E-state index contributed by atoms with van der Waals surface area (Å²) >= 11 is 5.69. The third-order valence-corrected chi connectivity index (χ3v) is 4.14. The van der Waals surface area contributed by atoms with Crippen LogP contribution in [0.4, 0.5) is 0 Å². The molecule has 0 saturated carbocycles. The summed E-state index contributed by atoms with van der Waals surface area (Å²) in [6, 6.07) is 8.92. The van der Waals surface area contributed by atoms with E-state index in [1.807, 2.05) is 0 Å². The minimum Gasteiger partial charge on any atom is -0.303 e. The Morgan fingerprint density at radius 1 is 0.889 bits per heavy atom. The van der Waals surface area contributed by atoms with Crippen molar-refractivity contribution in [3.8, 4) is 0 Å². The zero-order valence-electron chi connectivity index (χ0n) is 11.2. The molecule has 1 heterocycles. The Hall–Kier alpha value is -0.530. The van der Waals surface area contributed by atoms with Gasteiger partial charge in [0.1, 0.15) is 0 Å². The van der Waals surface area contributed by atoms with Crippen LogP contribution in [-0.2, 0) is 12.8 Å². The summed E-state index contributed by atoms with van der Waals surface area (Å²) in [6.07, 6.45) is 7.56. The highest BCUT2D eigenvalue weighted by Crippen LogP contribution is 2.16. The zero-order chi connectivity index (χ0) is 12.6. The molecule has 1 aliphatic heterocycles. The number of alkyl halides is 1. The average molecular weight is 266 g/mol. The van der Waals surface area contributed by atoms with E-state index in [-0.39, 0.29) is 0 Å². The molecule has 0 radical (unpaired) electrons. The van der Waals surface area contributed by atoms with Crippen molar-refractivity contribution < 1.29 is 0 Å². The Bertz CT molecular complexity index is 324. The van der Waals surface area contributed by atoms with Gasteiger partial charge in [0.25, 0.3) is 0 Å². The van der Waals surface area contributed by atoms with Crippen molar-refractivity contribution in [3.63, 3.8) is 0 Å². The van der Waals surface area contributed by atoms with Gasteiger partial charge in [-0.05, 0) is 43.4 Å². The molecule has 1 aliphatic rings. The molecule has 18 heavy (non-hydrogen) atoms. The highest BCUT2D eigenvalue weighted by molar-refractivity contribution is 6.17. The van der Waals surface area contributed by atoms with E-state index >= 15 is 0 Å². The van der Waals surface area contributed by atoms with Gasteiger partial charge < -0.3 is 4.90 Å². The van der Waals surface area contributed by atoms with Crippen molar-refractivity contribution in [1.29, 1.82) is 0 Å². The maximum Gasteiger partial charge on any atom is 0.0223 e. The molecule has 2 rings (SSSR count). The van der Waals surface area contributed by atoms with Crippen LogP contribution in [-0.4, -0.2) is 30.4 Å². The summed E-state index contributed by atoms with van der Waals surface area (Å²) in [5.74, 6) is 0.818. The van der Waals surface area contributed by atoms with Gasteiger partial charge in [0.15, 0.2) is 0 Å². The fourth-order valence-corrected chi connectivity index (χ4v) is 2.91. The molecule has 0 amide bonds. The predicted octanol–water partition coefficient (Wildman–Crippen LogP) is 3.89. The predicted molar refractivity (Wildman–Crippen MR) is 79.5 cm³/mol. The maximum absolute atomic E-state index is 5.69. The van der Waals surface area contributed by atoms with Crippen LogP contribution in [0.3, 0.4) is 0 Å². The van der Waals surface area contributed by atoms with Crippen LogP contribution in [0.1, 0.15) is 36.8 Å². The first-order chi connectivity index (χ1) is 8.90. The lowest BCUT2D eigenvalue weighted by atomic mass is 10.0. The molecule has 0 aliphatic carbocycles. The van der Waals surface area contributed by atoms with E-state index < -0.39 is 0 Å². The molecule has 0 N–H and O–H groups in total. The van der Waals surface area contributed by atoms with Gasteiger partial charge in [-0.25, -0.2) is 0 Å². The molecule has 100 valence electrons. The van der Waals surface area contributed by atoms with Crippen molar-refractivity contribution in [1.82, 2.24) is 4.90 Å².